The second kappa shape index (κ2) is 8.24. The third kappa shape index (κ3) is 3.66. The summed E-state index contributed by atoms with van der Waals surface area (Å²) in [6.45, 7) is 5.82. The van der Waals surface area contributed by atoms with Gasteiger partial charge < -0.3 is 4.90 Å². The van der Waals surface area contributed by atoms with Gasteiger partial charge in [0.15, 0.2) is 0 Å². The van der Waals surface area contributed by atoms with Crippen molar-refractivity contribution < 1.29 is 4.79 Å². The fourth-order valence-corrected chi connectivity index (χ4v) is 4.82. The summed E-state index contributed by atoms with van der Waals surface area (Å²) < 4.78 is 1.41. The van der Waals surface area contributed by atoms with Gasteiger partial charge in [0.25, 0.3) is 5.56 Å². The third-order valence-electron chi connectivity index (χ3n) is 5.08. The predicted molar refractivity (Wildman–Crippen MR) is 123 cm³/mol. The van der Waals surface area contributed by atoms with Gasteiger partial charge >= 0.3 is 0 Å². The first-order chi connectivity index (χ1) is 14.5. The normalized spacial score (nSPS) is 11.2. The van der Waals surface area contributed by atoms with Crippen molar-refractivity contribution in [2.24, 2.45) is 0 Å². The van der Waals surface area contributed by atoms with Crippen LogP contribution in [0.5, 0.6) is 0 Å². The van der Waals surface area contributed by atoms with Crippen molar-refractivity contribution in [1.29, 1.82) is 0 Å². The summed E-state index contributed by atoms with van der Waals surface area (Å²) in [5, 5.41) is 0.588. The molecule has 0 aliphatic heterocycles. The van der Waals surface area contributed by atoms with E-state index in [-0.39, 0.29) is 24.1 Å². The van der Waals surface area contributed by atoms with E-state index in [1.807, 2.05) is 81.4 Å². The van der Waals surface area contributed by atoms with E-state index in [9.17, 15) is 9.59 Å². The Balaban J connectivity index is 1.71. The molecule has 6 heteroatoms. The molecule has 2 heterocycles. The number of benzene rings is 2. The Kier molecular flexibility index (Phi) is 5.50. The minimum absolute atomic E-state index is 0.0279. The first kappa shape index (κ1) is 20.0. The number of carbonyl (C=O) groups excluding carboxylic acids is 1. The van der Waals surface area contributed by atoms with Crippen LogP contribution in [-0.2, 0) is 11.3 Å². The summed E-state index contributed by atoms with van der Waals surface area (Å²) in [5.41, 5.74) is 2.61. The molecule has 2 aromatic carbocycles. The van der Waals surface area contributed by atoms with E-state index in [2.05, 4.69) is 4.98 Å². The van der Waals surface area contributed by atoms with Crippen LogP contribution in [0.3, 0.4) is 0 Å². The standard InChI is InChI=1S/C24H23N3O2S/c1-16(2)27(19-12-8-5-9-13-19)20(28)14-26-15-25-23-21(24(26)29)17(3)22(30-23)18-10-6-4-7-11-18/h4-13,15-16H,14H2,1-3H3. The van der Waals surface area contributed by atoms with Gasteiger partial charge in [0.05, 0.1) is 11.7 Å². The number of anilines is 1. The Labute approximate surface area is 179 Å². The van der Waals surface area contributed by atoms with Crippen molar-refractivity contribution in [2.75, 3.05) is 4.90 Å². The average molecular weight is 418 g/mol. The maximum absolute atomic E-state index is 13.2. The van der Waals surface area contributed by atoms with Gasteiger partial charge in [-0.3, -0.25) is 14.2 Å². The van der Waals surface area contributed by atoms with E-state index in [4.69, 9.17) is 0 Å². The minimum Gasteiger partial charge on any atom is -0.308 e. The lowest BCUT2D eigenvalue weighted by molar-refractivity contribution is -0.119. The third-order valence-corrected chi connectivity index (χ3v) is 6.33. The van der Waals surface area contributed by atoms with E-state index in [0.29, 0.717) is 10.2 Å². The first-order valence-corrected chi connectivity index (χ1v) is 10.7. The van der Waals surface area contributed by atoms with E-state index >= 15 is 0 Å². The Hall–Kier alpha value is -3.25. The Morgan fingerprint density at radius 3 is 2.33 bits per heavy atom. The molecule has 4 aromatic rings. The van der Waals surface area contributed by atoms with Crippen molar-refractivity contribution in [3.63, 3.8) is 0 Å². The molecule has 5 nitrogen and oxygen atoms in total. The molecule has 2 aromatic heterocycles. The van der Waals surface area contributed by atoms with Gasteiger partial charge in [-0.15, -0.1) is 11.3 Å². The number of nitrogens with zero attached hydrogens (tertiary/aromatic N) is 3. The van der Waals surface area contributed by atoms with Crippen LogP contribution in [0.2, 0.25) is 0 Å². The fraction of sp³-hybridized carbons (Fsp3) is 0.208. The van der Waals surface area contributed by atoms with Crippen LogP contribution in [0.4, 0.5) is 5.69 Å². The highest BCUT2D eigenvalue weighted by Crippen LogP contribution is 2.35. The van der Waals surface area contributed by atoms with E-state index in [0.717, 1.165) is 21.7 Å². The van der Waals surface area contributed by atoms with E-state index in [1.54, 1.807) is 4.90 Å². The number of aryl methyl sites for hydroxylation is 1. The van der Waals surface area contributed by atoms with Gasteiger partial charge in [-0.05, 0) is 44.0 Å². The summed E-state index contributed by atoms with van der Waals surface area (Å²) in [4.78, 5) is 34.2. The van der Waals surface area contributed by atoms with Crippen LogP contribution in [-0.4, -0.2) is 21.5 Å². The zero-order valence-corrected chi connectivity index (χ0v) is 18.0. The summed E-state index contributed by atoms with van der Waals surface area (Å²) in [7, 11) is 0. The summed E-state index contributed by atoms with van der Waals surface area (Å²) in [5.74, 6) is -0.143. The number of thiophene rings is 1. The fourth-order valence-electron chi connectivity index (χ4n) is 3.68. The zero-order valence-electron chi connectivity index (χ0n) is 17.2. The molecule has 30 heavy (non-hydrogen) atoms. The topological polar surface area (TPSA) is 55.2 Å². The summed E-state index contributed by atoms with van der Waals surface area (Å²) in [6.07, 6.45) is 1.48. The predicted octanol–water partition coefficient (Wildman–Crippen LogP) is 4.88. The molecule has 1 amide bonds. The molecule has 0 N–H and O–H groups in total. The van der Waals surface area contributed by atoms with Crippen LogP contribution in [0.1, 0.15) is 19.4 Å². The van der Waals surface area contributed by atoms with Gasteiger partial charge in [0.1, 0.15) is 11.4 Å². The number of hydrogen-bond donors (Lipinski definition) is 0. The number of para-hydroxylation sites is 1. The van der Waals surface area contributed by atoms with E-state index < -0.39 is 0 Å². The van der Waals surface area contributed by atoms with Crippen LogP contribution >= 0.6 is 11.3 Å². The molecule has 0 saturated heterocycles. The second-order valence-electron chi connectivity index (χ2n) is 7.47. The molecule has 0 radical (unpaired) electrons. The summed E-state index contributed by atoms with van der Waals surface area (Å²) in [6, 6.07) is 19.5. The lowest BCUT2D eigenvalue weighted by atomic mass is 10.1. The van der Waals surface area contributed by atoms with Crippen molar-refractivity contribution in [1.82, 2.24) is 9.55 Å². The zero-order chi connectivity index (χ0) is 21.3. The van der Waals surface area contributed by atoms with Gasteiger partial charge in [-0.2, -0.15) is 0 Å². The molecular formula is C24H23N3O2S. The number of carbonyl (C=O) groups is 1. The molecule has 4 rings (SSSR count). The number of rotatable bonds is 5. The SMILES string of the molecule is Cc1c(-c2ccccc2)sc2ncn(CC(=O)N(c3ccccc3)C(C)C)c(=O)c12. The largest absolute Gasteiger partial charge is 0.308 e. The highest BCUT2D eigenvalue weighted by molar-refractivity contribution is 7.22. The summed E-state index contributed by atoms with van der Waals surface area (Å²) >= 11 is 1.51. The Morgan fingerprint density at radius 1 is 1.07 bits per heavy atom. The molecule has 0 fully saturated rings. The number of fused-ring (bicyclic) bond motifs is 1. The first-order valence-electron chi connectivity index (χ1n) is 9.88. The van der Waals surface area contributed by atoms with Crippen LogP contribution in [0, 0.1) is 6.92 Å². The number of hydrogen-bond acceptors (Lipinski definition) is 4. The molecule has 0 spiro atoms. The quantitative estimate of drug-likeness (QED) is 0.465. The van der Waals surface area contributed by atoms with Gasteiger partial charge in [-0.25, -0.2) is 4.98 Å². The maximum atomic E-state index is 13.2. The maximum Gasteiger partial charge on any atom is 0.262 e. The smallest absolute Gasteiger partial charge is 0.262 e. The second-order valence-corrected chi connectivity index (χ2v) is 8.47. The monoisotopic (exact) mass is 417 g/mol. The molecule has 0 bridgehead atoms. The molecular weight excluding hydrogens is 394 g/mol. The number of amides is 1. The lowest BCUT2D eigenvalue weighted by Gasteiger charge is -2.27. The van der Waals surface area contributed by atoms with Gasteiger partial charge in [0, 0.05) is 16.6 Å². The van der Waals surface area contributed by atoms with Crippen molar-refractivity contribution in [3.05, 3.63) is 82.9 Å². The Bertz CT molecular complexity index is 1240. The highest BCUT2D eigenvalue weighted by atomic mass is 32.1. The molecule has 0 aliphatic carbocycles. The molecule has 0 saturated carbocycles. The highest BCUT2D eigenvalue weighted by Gasteiger charge is 2.21. The van der Waals surface area contributed by atoms with Crippen LogP contribution in [0.25, 0.3) is 20.7 Å². The van der Waals surface area contributed by atoms with Gasteiger partial charge in [0.2, 0.25) is 5.91 Å². The average Bonchev–Trinajstić information content (AvgIpc) is 3.08. The molecule has 0 aliphatic rings. The number of aromatic nitrogens is 2. The molecule has 0 atom stereocenters. The van der Waals surface area contributed by atoms with Crippen LogP contribution in [0.15, 0.2) is 71.8 Å². The van der Waals surface area contributed by atoms with Gasteiger partial charge in [-0.1, -0.05) is 48.5 Å². The van der Waals surface area contributed by atoms with Crippen LogP contribution < -0.4 is 10.5 Å². The van der Waals surface area contributed by atoms with Crippen molar-refractivity contribution in [2.45, 2.75) is 33.4 Å². The van der Waals surface area contributed by atoms with Crippen molar-refractivity contribution >= 4 is 33.1 Å². The molecule has 152 valence electrons. The molecule has 0 unspecified atom stereocenters. The Morgan fingerprint density at radius 2 is 1.70 bits per heavy atom. The van der Waals surface area contributed by atoms with E-state index in [1.165, 1.54) is 22.2 Å². The lowest BCUT2D eigenvalue weighted by Crippen LogP contribution is -2.41. The van der Waals surface area contributed by atoms with Crippen molar-refractivity contribution in [3.8, 4) is 10.4 Å². The minimum atomic E-state index is -0.180.